The van der Waals surface area contributed by atoms with Crippen LogP contribution in [0.4, 0.5) is 10.5 Å². The predicted octanol–water partition coefficient (Wildman–Crippen LogP) is 5.19. The molecule has 1 aliphatic carbocycles. The summed E-state index contributed by atoms with van der Waals surface area (Å²) >= 11 is 0. The number of aromatic nitrogens is 1. The molecule has 1 heterocycles. The quantitative estimate of drug-likeness (QED) is 0.247. The summed E-state index contributed by atoms with van der Waals surface area (Å²) in [5.74, 6) is -1.34. The normalized spacial score (nSPS) is 12.7. The Balaban J connectivity index is 1.24. The Labute approximate surface area is 217 Å². The molecule has 2 N–H and O–H groups in total. The molecule has 9 heteroatoms. The van der Waals surface area contributed by atoms with Gasteiger partial charge in [0.2, 0.25) is 0 Å². The summed E-state index contributed by atoms with van der Waals surface area (Å²) in [4.78, 5) is 39.4. The van der Waals surface area contributed by atoms with Gasteiger partial charge >= 0.3 is 12.1 Å². The second-order valence-corrected chi connectivity index (χ2v) is 8.89. The lowest BCUT2D eigenvalue weighted by molar-refractivity contribution is -0.384. The number of nitrogens with zero attached hydrogens (tertiary/aromatic N) is 2. The molecule has 0 spiro atoms. The van der Waals surface area contributed by atoms with Crippen molar-refractivity contribution in [3.05, 3.63) is 118 Å². The van der Waals surface area contributed by atoms with Crippen LogP contribution >= 0.6 is 0 Å². The maximum Gasteiger partial charge on any atom is 0.407 e. The first-order chi connectivity index (χ1) is 18.4. The van der Waals surface area contributed by atoms with Crippen LogP contribution in [0.5, 0.6) is 0 Å². The summed E-state index contributed by atoms with van der Waals surface area (Å²) in [6, 6.07) is 24.1. The number of carbonyl (C=O) groups is 2. The van der Waals surface area contributed by atoms with Gasteiger partial charge in [0.15, 0.2) is 0 Å². The van der Waals surface area contributed by atoms with Crippen LogP contribution in [0.25, 0.3) is 22.4 Å². The molecule has 3 aromatic carbocycles. The van der Waals surface area contributed by atoms with E-state index in [0.717, 1.165) is 22.3 Å². The van der Waals surface area contributed by atoms with Gasteiger partial charge in [-0.25, -0.2) is 14.6 Å². The van der Waals surface area contributed by atoms with Crippen molar-refractivity contribution in [2.45, 2.75) is 18.4 Å². The molecule has 1 unspecified atom stereocenters. The molecule has 0 aliphatic heterocycles. The molecule has 4 aromatic rings. The topological polar surface area (TPSA) is 132 Å². The number of rotatable bonds is 8. The van der Waals surface area contributed by atoms with Gasteiger partial charge in [-0.3, -0.25) is 10.1 Å². The number of ether oxygens (including phenoxy) is 1. The van der Waals surface area contributed by atoms with Gasteiger partial charge in [0, 0.05) is 30.2 Å². The lowest BCUT2D eigenvalue weighted by Gasteiger charge is -2.17. The van der Waals surface area contributed by atoms with Crippen molar-refractivity contribution in [2.75, 3.05) is 6.61 Å². The lowest BCUT2D eigenvalue weighted by atomic mass is 9.98. The Bertz CT molecular complexity index is 1470. The summed E-state index contributed by atoms with van der Waals surface area (Å²) in [5.41, 5.74) is 5.56. The van der Waals surface area contributed by atoms with E-state index in [0.29, 0.717) is 11.1 Å². The van der Waals surface area contributed by atoms with E-state index >= 15 is 0 Å². The van der Waals surface area contributed by atoms with Gasteiger partial charge in [0.1, 0.15) is 18.3 Å². The van der Waals surface area contributed by atoms with Crippen molar-refractivity contribution in [1.29, 1.82) is 0 Å². The molecule has 0 saturated carbocycles. The number of nitrogens with one attached hydrogen (secondary N) is 1. The average Bonchev–Trinajstić information content (AvgIpc) is 3.25. The second-order valence-electron chi connectivity index (χ2n) is 8.89. The number of carbonyl (C=O) groups excluding carboxylic acids is 1. The fourth-order valence-electron chi connectivity index (χ4n) is 4.78. The van der Waals surface area contributed by atoms with Gasteiger partial charge in [-0.05, 0) is 33.9 Å². The molecular weight excluding hydrogens is 486 g/mol. The number of pyridine rings is 1. The Kier molecular flexibility index (Phi) is 6.82. The van der Waals surface area contributed by atoms with Crippen molar-refractivity contribution in [2.24, 2.45) is 0 Å². The number of alkyl carbamates (subject to hydrolysis) is 1. The van der Waals surface area contributed by atoms with E-state index in [4.69, 9.17) is 4.74 Å². The molecule has 1 aliphatic rings. The first-order valence-electron chi connectivity index (χ1n) is 12.0. The summed E-state index contributed by atoms with van der Waals surface area (Å²) < 4.78 is 5.49. The van der Waals surface area contributed by atoms with Gasteiger partial charge in [0.05, 0.1) is 4.92 Å². The second kappa shape index (κ2) is 10.5. The van der Waals surface area contributed by atoms with Crippen LogP contribution in [0, 0.1) is 10.1 Å². The molecule has 1 amide bonds. The smallest absolute Gasteiger partial charge is 0.407 e. The highest BCUT2D eigenvalue weighted by Gasteiger charge is 2.30. The zero-order valence-corrected chi connectivity index (χ0v) is 20.1. The fourth-order valence-corrected chi connectivity index (χ4v) is 4.78. The minimum absolute atomic E-state index is 0.00409. The van der Waals surface area contributed by atoms with Gasteiger partial charge in [0.25, 0.3) is 5.69 Å². The summed E-state index contributed by atoms with van der Waals surface area (Å²) in [5, 5.41) is 23.4. The van der Waals surface area contributed by atoms with Gasteiger partial charge < -0.3 is 15.2 Å². The third-order valence-electron chi connectivity index (χ3n) is 6.58. The molecule has 38 heavy (non-hydrogen) atoms. The van der Waals surface area contributed by atoms with Crippen molar-refractivity contribution in [3.8, 4) is 22.4 Å². The molecule has 5 rings (SSSR count). The van der Waals surface area contributed by atoms with Crippen LogP contribution in [0.3, 0.4) is 0 Å². The molecule has 0 bridgehead atoms. The third-order valence-corrected chi connectivity index (χ3v) is 6.58. The largest absolute Gasteiger partial charge is 0.480 e. The highest BCUT2D eigenvalue weighted by molar-refractivity contribution is 5.81. The number of carboxylic acid groups (broad SMARTS) is 1. The zero-order valence-electron chi connectivity index (χ0n) is 20.1. The number of aliphatic carboxylic acids is 1. The maximum atomic E-state index is 12.6. The Hall–Kier alpha value is -5.05. The van der Waals surface area contributed by atoms with E-state index in [-0.39, 0.29) is 30.3 Å². The number of hydrogen-bond acceptors (Lipinski definition) is 6. The fraction of sp³-hybridized carbons (Fsp3) is 0.138. The summed E-state index contributed by atoms with van der Waals surface area (Å²) in [6.45, 7) is 0.0732. The van der Waals surface area contributed by atoms with Gasteiger partial charge in [-0.2, -0.15) is 0 Å². The molecular formula is C29H23N3O6. The van der Waals surface area contributed by atoms with Crippen LogP contribution in [0.15, 0.2) is 91.1 Å². The third kappa shape index (κ3) is 4.94. The number of benzene rings is 3. The molecule has 0 radical (unpaired) electrons. The van der Waals surface area contributed by atoms with E-state index in [1.807, 2.05) is 48.5 Å². The minimum Gasteiger partial charge on any atom is -0.480 e. The van der Waals surface area contributed by atoms with E-state index in [9.17, 15) is 24.8 Å². The van der Waals surface area contributed by atoms with Crippen LogP contribution in [-0.2, 0) is 16.0 Å². The van der Waals surface area contributed by atoms with E-state index in [1.165, 1.54) is 18.3 Å². The standard InChI is InChI=1S/C29H23N3O6/c33-28(34)25(16-18-11-13-19(14-12-18)27-26(32(36)37)10-5-15-30-27)31-29(35)38-17-24-22-8-3-1-6-20(22)21-7-2-4-9-23(21)24/h1-15,24-25H,16-17H2,(H,31,35)(H,33,34). The number of nitro groups is 1. The summed E-state index contributed by atoms with van der Waals surface area (Å²) in [7, 11) is 0. The number of hydrogen-bond donors (Lipinski definition) is 2. The Morgan fingerprint density at radius 2 is 1.58 bits per heavy atom. The monoisotopic (exact) mass is 509 g/mol. The average molecular weight is 510 g/mol. The Morgan fingerprint density at radius 3 is 2.18 bits per heavy atom. The molecule has 0 saturated heterocycles. The first-order valence-corrected chi connectivity index (χ1v) is 12.0. The molecule has 0 fully saturated rings. The number of amides is 1. The van der Waals surface area contributed by atoms with Crippen molar-refractivity contribution in [3.63, 3.8) is 0 Å². The van der Waals surface area contributed by atoms with Crippen molar-refractivity contribution < 1.29 is 24.4 Å². The Morgan fingerprint density at radius 1 is 0.947 bits per heavy atom. The van der Waals surface area contributed by atoms with Crippen LogP contribution in [0.2, 0.25) is 0 Å². The van der Waals surface area contributed by atoms with Crippen LogP contribution in [0.1, 0.15) is 22.6 Å². The molecule has 9 nitrogen and oxygen atoms in total. The van der Waals surface area contributed by atoms with Crippen molar-refractivity contribution >= 4 is 17.7 Å². The minimum atomic E-state index is -1.22. The molecule has 1 atom stereocenters. The lowest BCUT2D eigenvalue weighted by Crippen LogP contribution is -2.42. The first kappa shape index (κ1) is 24.6. The SMILES string of the molecule is O=C(NC(Cc1ccc(-c2ncccc2[N+](=O)[O-])cc1)C(=O)O)OCC1c2ccccc2-c2ccccc21. The van der Waals surface area contributed by atoms with Gasteiger partial charge in [-0.1, -0.05) is 72.8 Å². The van der Waals surface area contributed by atoms with Crippen LogP contribution in [-0.4, -0.2) is 39.7 Å². The molecule has 1 aromatic heterocycles. The highest BCUT2D eigenvalue weighted by Crippen LogP contribution is 2.44. The van der Waals surface area contributed by atoms with E-state index < -0.39 is 23.0 Å². The molecule has 190 valence electrons. The number of carboxylic acids is 1. The predicted molar refractivity (Wildman–Crippen MR) is 140 cm³/mol. The van der Waals surface area contributed by atoms with E-state index in [2.05, 4.69) is 10.3 Å². The number of fused-ring (bicyclic) bond motifs is 3. The zero-order chi connectivity index (χ0) is 26.6. The summed E-state index contributed by atoms with van der Waals surface area (Å²) in [6.07, 6.45) is 0.652. The van der Waals surface area contributed by atoms with Crippen molar-refractivity contribution in [1.82, 2.24) is 10.3 Å². The van der Waals surface area contributed by atoms with Gasteiger partial charge in [-0.15, -0.1) is 0 Å². The maximum absolute atomic E-state index is 12.6. The van der Waals surface area contributed by atoms with E-state index in [1.54, 1.807) is 24.3 Å². The highest BCUT2D eigenvalue weighted by atomic mass is 16.6. The van der Waals surface area contributed by atoms with Crippen LogP contribution < -0.4 is 5.32 Å².